The molecule has 0 unspecified atom stereocenters. The first kappa shape index (κ1) is 27.1. The number of Topliss-reactive ketones (excluding diaryl/α,β-unsaturated/α-hetero) is 1. The van der Waals surface area contributed by atoms with Crippen LogP contribution in [0.2, 0.25) is 0 Å². The van der Waals surface area contributed by atoms with Crippen molar-refractivity contribution in [2.24, 2.45) is 24.3 Å². The SMILES string of the molecule is Cc1nc2cc([C@@H]3C/C=C/CCC[C@H](C)[C@H](O)[C@@H](C)C(=O)C(C)(C)[C@@H](O)CC(=O)O3)ccc2n1C. The van der Waals surface area contributed by atoms with Gasteiger partial charge < -0.3 is 19.5 Å². The highest BCUT2D eigenvalue weighted by atomic mass is 16.5. The molecular formula is C28H40N2O5. The van der Waals surface area contributed by atoms with Gasteiger partial charge in [0.2, 0.25) is 0 Å². The van der Waals surface area contributed by atoms with Crippen molar-refractivity contribution in [1.29, 1.82) is 0 Å². The minimum Gasteiger partial charge on any atom is -0.457 e. The molecular weight excluding hydrogens is 444 g/mol. The van der Waals surface area contributed by atoms with E-state index in [0.29, 0.717) is 6.42 Å². The predicted octanol–water partition coefficient (Wildman–Crippen LogP) is 4.58. The van der Waals surface area contributed by atoms with Gasteiger partial charge in [-0.05, 0) is 49.8 Å². The van der Waals surface area contributed by atoms with Crippen molar-refractivity contribution in [2.45, 2.75) is 85.0 Å². The van der Waals surface area contributed by atoms with Gasteiger partial charge in [0.05, 0.1) is 35.1 Å². The highest BCUT2D eigenvalue weighted by molar-refractivity contribution is 5.88. The van der Waals surface area contributed by atoms with E-state index < -0.39 is 35.6 Å². The monoisotopic (exact) mass is 484 g/mol. The third kappa shape index (κ3) is 6.01. The van der Waals surface area contributed by atoms with Crippen LogP contribution in [0.4, 0.5) is 0 Å². The summed E-state index contributed by atoms with van der Waals surface area (Å²) in [6, 6.07) is 5.87. The molecule has 7 heteroatoms. The van der Waals surface area contributed by atoms with Gasteiger partial charge in [0.1, 0.15) is 17.7 Å². The zero-order valence-electron chi connectivity index (χ0n) is 21.8. The van der Waals surface area contributed by atoms with Gasteiger partial charge in [-0.3, -0.25) is 9.59 Å². The molecule has 0 spiro atoms. The summed E-state index contributed by atoms with van der Waals surface area (Å²) in [7, 11) is 1.96. The van der Waals surface area contributed by atoms with Crippen LogP contribution in [0.3, 0.4) is 0 Å². The highest BCUT2D eigenvalue weighted by Gasteiger charge is 2.42. The normalized spacial score (nSPS) is 30.2. The van der Waals surface area contributed by atoms with Crippen LogP contribution in [0.25, 0.3) is 11.0 Å². The maximum atomic E-state index is 13.2. The zero-order valence-corrected chi connectivity index (χ0v) is 21.8. The second-order valence-electron chi connectivity index (χ2n) is 10.6. The molecule has 1 aliphatic heterocycles. The largest absolute Gasteiger partial charge is 0.457 e. The number of allylic oxidation sites excluding steroid dienone is 1. The number of fused-ring (bicyclic) bond motifs is 1. The zero-order chi connectivity index (χ0) is 25.9. The second kappa shape index (κ2) is 11.0. The van der Waals surface area contributed by atoms with Crippen LogP contribution in [0, 0.1) is 24.2 Å². The number of cyclic esters (lactones) is 1. The molecule has 1 aromatic carbocycles. The molecule has 7 nitrogen and oxygen atoms in total. The molecule has 0 radical (unpaired) electrons. The van der Waals surface area contributed by atoms with E-state index >= 15 is 0 Å². The number of aromatic nitrogens is 2. The Kier molecular flexibility index (Phi) is 8.54. The summed E-state index contributed by atoms with van der Waals surface area (Å²) in [5.41, 5.74) is 1.48. The summed E-state index contributed by atoms with van der Waals surface area (Å²) in [4.78, 5) is 30.7. The van der Waals surface area contributed by atoms with Gasteiger partial charge in [-0.25, -0.2) is 4.98 Å². The van der Waals surface area contributed by atoms with Gasteiger partial charge in [-0.1, -0.05) is 45.9 Å². The molecule has 1 aromatic heterocycles. The smallest absolute Gasteiger partial charge is 0.309 e. The molecule has 2 N–H and O–H groups in total. The number of carbonyl (C=O) groups excluding carboxylic acids is 2. The molecule has 1 aliphatic rings. The van der Waals surface area contributed by atoms with Crippen LogP contribution in [0.5, 0.6) is 0 Å². The fourth-order valence-electron chi connectivity index (χ4n) is 4.87. The molecule has 0 fully saturated rings. The fourth-order valence-corrected chi connectivity index (χ4v) is 4.87. The summed E-state index contributed by atoms with van der Waals surface area (Å²) in [6.07, 6.45) is 4.24. The minimum absolute atomic E-state index is 0.0468. The van der Waals surface area contributed by atoms with Crippen molar-refractivity contribution in [3.8, 4) is 0 Å². The average molecular weight is 485 g/mol. The Balaban J connectivity index is 1.89. The van der Waals surface area contributed by atoms with Crippen molar-refractivity contribution in [1.82, 2.24) is 9.55 Å². The highest BCUT2D eigenvalue weighted by Crippen LogP contribution is 2.33. The van der Waals surface area contributed by atoms with E-state index in [4.69, 9.17) is 4.74 Å². The Labute approximate surface area is 208 Å². The molecule has 192 valence electrons. The molecule has 0 bridgehead atoms. The summed E-state index contributed by atoms with van der Waals surface area (Å²) in [6.45, 7) is 8.85. The summed E-state index contributed by atoms with van der Waals surface area (Å²) in [5, 5.41) is 21.6. The lowest BCUT2D eigenvalue weighted by molar-refractivity contribution is -0.155. The molecule has 0 aliphatic carbocycles. The molecule has 2 aromatic rings. The molecule has 2 heterocycles. The van der Waals surface area contributed by atoms with Gasteiger partial charge in [0, 0.05) is 19.4 Å². The number of aryl methyl sites for hydroxylation is 2. The van der Waals surface area contributed by atoms with E-state index in [1.165, 1.54) is 0 Å². The van der Waals surface area contributed by atoms with Gasteiger partial charge in [-0.15, -0.1) is 0 Å². The van der Waals surface area contributed by atoms with Crippen molar-refractivity contribution in [3.63, 3.8) is 0 Å². The predicted molar refractivity (Wildman–Crippen MR) is 136 cm³/mol. The third-order valence-corrected chi connectivity index (χ3v) is 7.66. The van der Waals surface area contributed by atoms with Gasteiger partial charge in [0.25, 0.3) is 0 Å². The van der Waals surface area contributed by atoms with Crippen LogP contribution in [0.1, 0.15) is 77.3 Å². The van der Waals surface area contributed by atoms with Crippen LogP contribution >= 0.6 is 0 Å². The van der Waals surface area contributed by atoms with E-state index in [1.54, 1.807) is 20.8 Å². The Morgan fingerprint density at radius 3 is 2.57 bits per heavy atom. The molecule has 0 saturated heterocycles. The second-order valence-corrected chi connectivity index (χ2v) is 10.6. The van der Waals surface area contributed by atoms with Crippen molar-refractivity contribution in [3.05, 3.63) is 41.7 Å². The van der Waals surface area contributed by atoms with Gasteiger partial charge >= 0.3 is 5.97 Å². The van der Waals surface area contributed by atoms with E-state index in [-0.39, 0.29) is 18.1 Å². The lowest BCUT2D eigenvalue weighted by Gasteiger charge is -2.34. The lowest BCUT2D eigenvalue weighted by atomic mass is 9.73. The number of aliphatic hydroxyl groups excluding tert-OH is 2. The number of nitrogens with zero attached hydrogens (tertiary/aromatic N) is 2. The number of aliphatic hydroxyl groups is 2. The van der Waals surface area contributed by atoms with E-state index in [0.717, 1.165) is 41.7 Å². The average Bonchev–Trinajstić information content (AvgIpc) is 3.10. The molecule has 35 heavy (non-hydrogen) atoms. The van der Waals surface area contributed by atoms with Crippen LogP contribution in [0.15, 0.2) is 30.4 Å². The Hall–Kier alpha value is -2.51. The first-order valence-electron chi connectivity index (χ1n) is 12.6. The van der Waals surface area contributed by atoms with Crippen LogP contribution in [-0.4, -0.2) is 43.7 Å². The number of ketones is 1. The number of hydrogen-bond donors (Lipinski definition) is 2. The molecule has 0 amide bonds. The summed E-state index contributed by atoms with van der Waals surface area (Å²) < 4.78 is 7.85. The van der Waals surface area contributed by atoms with E-state index in [9.17, 15) is 19.8 Å². The lowest BCUT2D eigenvalue weighted by Crippen LogP contribution is -2.45. The fraction of sp³-hybridized carbons (Fsp3) is 0.607. The molecule has 0 saturated carbocycles. The number of carbonyl (C=O) groups is 2. The topological polar surface area (TPSA) is 102 Å². The van der Waals surface area contributed by atoms with Gasteiger partial charge in [0.15, 0.2) is 0 Å². The van der Waals surface area contributed by atoms with E-state index in [1.807, 2.05) is 49.7 Å². The molecule has 5 atom stereocenters. The number of imidazole rings is 1. The number of ether oxygens (including phenoxy) is 1. The number of rotatable bonds is 1. The first-order valence-corrected chi connectivity index (χ1v) is 12.6. The third-order valence-electron chi connectivity index (χ3n) is 7.66. The van der Waals surface area contributed by atoms with Crippen LogP contribution < -0.4 is 0 Å². The maximum Gasteiger partial charge on any atom is 0.309 e. The Morgan fingerprint density at radius 2 is 1.86 bits per heavy atom. The summed E-state index contributed by atoms with van der Waals surface area (Å²) >= 11 is 0. The summed E-state index contributed by atoms with van der Waals surface area (Å²) in [5.74, 6) is -0.611. The van der Waals surface area contributed by atoms with Crippen molar-refractivity contribution in [2.75, 3.05) is 0 Å². The standard InChI is InChI=1S/C28H40N2O5/c1-17-11-9-7-8-10-12-23(20-13-14-22-21(15-20)29-19(3)30(22)6)35-25(32)16-24(31)28(4,5)27(34)18(2)26(17)33/h8,10,13-15,17-18,23-24,26,31,33H,7,9,11-12,16H2,1-6H3/b10-8+/t17-,18+,23-,24-,26-/m0/s1. The van der Waals surface area contributed by atoms with Gasteiger partial charge in [-0.2, -0.15) is 0 Å². The number of benzene rings is 1. The Morgan fingerprint density at radius 1 is 1.14 bits per heavy atom. The quantitative estimate of drug-likeness (QED) is 0.454. The number of esters is 1. The van der Waals surface area contributed by atoms with Crippen molar-refractivity contribution >= 4 is 22.8 Å². The maximum absolute atomic E-state index is 13.2. The van der Waals surface area contributed by atoms with Crippen molar-refractivity contribution < 1.29 is 24.5 Å². The van der Waals surface area contributed by atoms with E-state index in [2.05, 4.69) is 11.1 Å². The Bertz CT molecular complexity index is 1090. The number of hydrogen-bond acceptors (Lipinski definition) is 6. The van der Waals surface area contributed by atoms with Crippen LogP contribution in [-0.2, 0) is 21.4 Å². The minimum atomic E-state index is -1.22. The first-order chi connectivity index (χ1) is 16.4. The molecule has 3 rings (SSSR count).